The number of rotatable bonds is 7. The third-order valence-electron chi connectivity index (χ3n) is 3.36. The second-order valence-electron chi connectivity index (χ2n) is 6.34. The van der Waals surface area contributed by atoms with Gasteiger partial charge in [-0.1, -0.05) is 58.9 Å². The Morgan fingerprint density at radius 2 is 1.70 bits per heavy atom. The maximum Gasteiger partial charge on any atom is 0.166 e. The predicted octanol–water partition coefficient (Wildman–Crippen LogP) is 4.82. The minimum Gasteiger partial charge on any atom is -0.366 e. The van der Waals surface area contributed by atoms with Gasteiger partial charge in [0.2, 0.25) is 0 Å². The fraction of sp³-hybridized carbons (Fsp3) is 0.611. The molecule has 2 nitrogen and oxygen atoms in total. The van der Waals surface area contributed by atoms with Gasteiger partial charge in [0.1, 0.15) is 6.10 Å². The molecule has 1 aromatic rings. The van der Waals surface area contributed by atoms with E-state index in [9.17, 15) is 4.79 Å². The summed E-state index contributed by atoms with van der Waals surface area (Å²) < 4.78 is 5.77. The molecule has 0 N–H and O–H groups in total. The predicted molar refractivity (Wildman–Crippen MR) is 84.0 cm³/mol. The average molecular weight is 276 g/mol. The van der Waals surface area contributed by atoms with Gasteiger partial charge in [-0.25, -0.2) is 0 Å². The van der Waals surface area contributed by atoms with E-state index < -0.39 is 6.10 Å². The van der Waals surface area contributed by atoms with Gasteiger partial charge in [0.25, 0.3) is 0 Å². The quantitative estimate of drug-likeness (QED) is 0.713. The molecule has 1 atom stereocenters. The van der Waals surface area contributed by atoms with Crippen molar-refractivity contribution in [3.05, 3.63) is 35.4 Å². The van der Waals surface area contributed by atoms with Gasteiger partial charge in [-0.15, -0.1) is 0 Å². The number of benzene rings is 1. The molecule has 0 amide bonds. The molecule has 0 aliphatic rings. The highest BCUT2D eigenvalue weighted by atomic mass is 16.5. The lowest BCUT2D eigenvalue weighted by molar-refractivity contribution is -0.131. The van der Waals surface area contributed by atoms with E-state index in [4.69, 9.17) is 4.74 Å². The molecule has 0 fully saturated rings. The number of carbonyl (C=O) groups excluding carboxylic acids is 1. The van der Waals surface area contributed by atoms with Crippen LogP contribution in [0.15, 0.2) is 24.3 Å². The number of hydrogen-bond donors (Lipinski definition) is 0. The highest BCUT2D eigenvalue weighted by molar-refractivity contribution is 5.84. The monoisotopic (exact) mass is 276 g/mol. The van der Waals surface area contributed by atoms with Crippen LogP contribution in [-0.2, 0) is 14.9 Å². The van der Waals surface area contributed by atoms with Crippen molar-refractivity contribution in [2.75, 3.05) is 6.61 Å². The number of Topliss-reactive ketones (excluding diaryl/α,β-unsaturated/α-hetero) is 1. The van der Waals surface area contributed by atoms with Gasteiger partial charge >= 0.3 is 0 Å². The summed E-state index contributed by atoms with van der Waals surface area (Å²) in [7, 11) is 0. The number of ketones is 1. The van der Waals surface area contributed by atoms with E-state index in [1.165, 1.54) is 5.56 Å². The van der Waals surface area contributed by atoms with Crippen molar-refractivity contribution in [2.24, 2.45) is 0 Å². The van der Waals surface area contributed by atoms with Gasteiger partial charge < -0.3 is 4.74 Å². The van der Waals surface area contributed by atoms with E-state index in [2.05, 4.69) is 39.8 Å². The molecular weight excluding hydrogens is 248 g/mol. The lowest BCUT2D eigenvalue weighted by Crippen LogP contribution is -2.17. The highest BCUT2D eigenvalue weighted by Gasteiger charge is 2.21. The molecule has 0 aliphatic heterocycles. The highest BCUT2D eigenvalue weighted by Crippen LogP contribution is 2.26. The van der Waals surface area contributed by atoms with Gasteiger partial charge in [-0.05, 0) is 29.4 Å². The summed E-state index contributed by atoms with van der Waals surface area (Å²) in [4.78, 5) is 12.2. The lowest BCUT2D eigenvalue weighted by atomic mass is 9.86. The molecule has 0 aliphatic carbocycles. The number of hydrogen-bond acceptors (Lipinski definition) is 2. The average Bonchev–Trinajstić information content (AvgIpc) is 2.39. The van der Waals surface area contributed by atoms with Crippen LogP contribution in [0.3, 0.4) is 0 Å². The van der Waals surface area contributed by atoms with Crippen LogP contribution >= 0.6 is 0 Å². The Hall–Kier alpha value is -1.15. The second-order valence-corrected chi connectivity index (χ2v) is 6.34. The van der Waals surface area contributed by atoms with Crippen LogP contribution in [0.1, 0.15) is 71.1 Å². The summed E-state index contributed by atoms with van der Waals surface area (Å²) in [5.74, 6) is 0.185. The zero-order chi connectivity index (χ0) is 15.2. The first-order chi connectivity index (χ1) is 9.40. The van der Waals surface area contributed by atoms with Crippen molar-refractivity contribution < 1.29 is 9.53 Å². The SMILES string of the molecule is CCCOC(C(=O)CCC)c1ccc(C(C)(C)C)cc1. The van der Waals surface area contributed by atoms with Gasteiger partial charge in [0.05, 0.1) is 0 Å². The Bertz CT molecular complexity index is 412. The zero-order valence-electron chi connectivity index (χ0n) is 13.5. The molecule has 0 aromatic heterocycles. The first-order valence-electron chi connectivity index (χ1n) is 7.64. The molecule has 0 heterocycles. The second kappa shape index (κ2) is 7.58. The molecule has 112 valence electrons. The Balaban J connectivity index is 2.93. The molecule has 1 aromatic carbocycles. The van der Waals surface area contributed by atoms with Crippen LogP contribution in [0.4, 0.5) is 0 Å². The van der Waals surface area contributed by atoms with E-state index in [1.807, 2.05) is 19.1 Å². The first kappa shape index (κ1) is 16.9. The maximum absolute atomic E-state index is 12.2. The summed E-state index contributed by atoms with van der Waals surface area (Å²) in [5, 5.41) is 0. The van der Waals surface area contributed by atoms with E-state index in [1.54, 1.807) is 0 Å². The van der Waals surface area contributed by atoms with Gasteiger partial charge in [-0.2, -0.15) is 0 Å². The topological polar surface area (TPSA) is 26.3 Å². The molecule has 0 bridgehead atoms. The molecule has 0 spiro atoms. The molecule has 0 saturated heterocycles. The summed E-state index contributed by atoms with van der Waals surface area (Å²) in [6, 6.07) is 8.29. The molecule has 20 heavy (non-hydrogen) atoms. The first-order valence-corrected chi connectivity index (χ1v) is 7.64. The van der Waals surface area contributed by atoms with Crippen molar-refractivity contribution in [3.8, 4) is 0 Å². The van der Waals surface area contributed by atoms with Gasteiger partial charge in [0.15, 0.2) is 5.78 Å². The molecule has 2 heteroatoms. The normalized spacial score (nSPS) is 13.2. The molecule has 0 saturated carbocycles. The van der Waals surface area contributed by atoms with E-state index in [0.29, 0.717) is 13.0 Å². The number of carbonyl (C=O) groups is 1. The third-order valence-corrected chi connectivity index (χ3v) is 3.36. The molecular formula is C18H28O2. The van der Waals surface area contributed by atoms with Crippen LogP contribution in [0.25, 0.3) is 0 Å². The van der Waals surface area contributed by atoms with Crippen LogP contribution in [0, 0.1) is 0 Å². The molecule has 1 unspecified atom stereocenters. The van der Waals surface area contributed by atoms with Crippen molar-refractivity contribution in [3.63, 3.8) is 0 Å². The van der Waals surface area contributed by atoms with E-state index in [-0.39, 0.29) is 11.2 Å². The summed E-state index contributed by atoms with van der Waals surface area (Å²) in [6.07, 6.45) is 1.97. The minimum absolute atomic E-state index is 0.131. The van der Waals surface area contributed by atoms with Gasteiger partial charge in [0, 0.05) is 13.0 Å². The van der Waals surface area contributed by atoms with E-state index >= 15 is 0 Å². The Kier molecular flexibility index (Phi) is 6.41. The van der Waals surface area contributed by atoms with Gasteiger partial charge in [-0.3, -0.25) is 4.79 Å². The minimum atomic E-state index is -0.399. The third kappa shape index (κ3) is 4.75. The fourth-order valence-corrected chi connectivity index (χ4v) is 2.15. The van der Waals surface area contributed by atoms with Crippen LogP contribution < -0.4 is 0 Å². The standard InChI is InChI=1S/C18H28O2/c1-6-8-16(19)17(20-13-7-2)14-9-11-15(12-10-14)18(3,4)5/h9-12,17H,6-8,13H2,1-5H3. The summed E-state index contributed by atoms with van der Waals surface area (Å²) in [5.41, 5.74) is 2.38. The van der Waals surface area contributed by atoms with Crippen LogP contribution in [-0.4, -0.2) is 12.4 Å². The Labute approximate surface area is 123 Å². The van der Waals surface area contributed by atoms with Crippen molar-refractivity contribution in [2.45, 2.75) is 65.4 Å². The Morgan fingerprint density at radius 1 is 1.10 bits per heavy atom. The lowest BCUT2D eigenvalue weighted by Gasteiger charge is -2.21. The maximum atomic E-state index is 12.2. The molecule has 0 radical (unpaired) electrons. The smallest absolute Gasteiger partial charge is 0.166 e. The number of ether oxygens (including phenoxy) is 1. The van der Waals surface area contributed by atoms with Crippen molar-refractivity contribution in [1.82, 2.24) is 0 Å². The van der Waals surface area contributed by atoms with Crippen LogP contribution in [0.2, 0.25) is 0 Å². The zero-order valence-corrected chi connectivity index (χ0v) is 13.5. The largest absolute Gasteiger partial charge is 0.366 e. The Morgan fingerprint density at radius 3 is 2.15 bits per heavy atom. The van der Waals surface area contributed by atoms with Crippen molar-refractivity contribution >= 4 is 5.78 Å². The van der Waals surface area contributed by atoms with E-state index in [0.717, 1.165) is 18.4 Å². The fourth-order valence-electron chi connectivity index (χ4n) is 2.15. The van der Waals surface area contributed by atoms with Crippen molar-refractivity contribution in [1.29, 1.82) is 0 Å². The molecule has 1 rings (SSSR count). The van der Waals surface area contributed by atoms with Crippen LogP contribution in [0.5, 0.6) is 0 Å². The summed E-state index contributed by atoms with van der Waals surface area (Å²) in [6.45, 7) is 11.3. The summed E-state index contributed by atoms with van der Waals surface area (Å²) >= 11 is 0.